The van der Waals surface area contributed by atoms with Crippen molar-refractivity contribution < 1.29 is 13.9 Å². The molecule has 0 bridgehead atoms. The van der Waals surface area contributed by atoms with Gasteiger partial charge in [-0.05, 0) is 34.7 Å². The highest BCUT2D eigenvalue weighted by atomic mass is 79.9. The van der Waals surface area contributed by atoms with E-state index in [1.54, 1.807) is 18.3 Å². The lowest BCUT2D eigenvalue weighted by Gasteiger charge is -2.17. The van der Waals surface area contributed by atoms with Crippen molar-refractivity contribution in [3.05, 3.63) is 103 Å². The highest BCUT2D eigenvalue weighted by molar-refractivity contribution is 9.10. The van der Waals surface area contributed by atoms with Crippen LogP contribution in [0.2, 0.25) is 0 Å². The number of nitrogens with zero attached hydrogens (tertiary/aromatic N) is 1. The van der Waals surface area contributed by atoms with Crippen LogP contribution in [0.4, 0.5) is 9.52 Å². The average Bonchev–Trinajstić information content (AvgIpc) is 3.43. The molecule has 4 aromatic rings. The van der Waals surface area contributed by atoms with Crippen LogP contribution in [-0.4, -0.2) is 10.9 Å². The maximum absolute atomic E-state index is 13.4. The van der Waals surface area contributed by atoms with Crippen molar-refractivity contribution in [3.8, 4) is 0 Å². The zero-order chi connectivity index (χ0) is 20.9. The molecule has 0 fully saturated rings. The minimum atomic E-state index is -0.368. The zero-order valence-corrected chi connectivity index (χ0v) is 18.8. The average molecular weight is 503 g/mol. The summed E-state index contributed by atoms with van der Waals surface area (Å²) in [5.41, 5.74) is 1.81. The number of aromatic nitrogens is 1. The van der Waals surface area contributed by atoms with Gasteiger partial charge in [0, 0.05) is 10.7 Å². The van der Waals surface area contributed by atoms with Crippen molar-refractivity contribution in [2.24, 2.45) is 0 Å². The number of ether oxygens (including phenoxy) is 1. The van der Waals surface area contributed by atoms with Crippen molar-refractivity contribution in [3.63, 3.8) is 0 Å². The van der Waals surface area contributed by atoms with E-state index in [2.05, 4.69) is 26.2 Å². The molecule has 0 spiro atoms. The molecule has 0 aliphatic heterocycles. The summed E-state index contributed by atoms with van der Waals surface area (Å²) in [5, 5.41) is 5.20. The normalized spacial score (nSPS) is 11.9. The van der Waals surface area contributed by atoms with E-state index in [-0.39, 0.29) is 24.4 Å². The monoisotopic (exact) mass is 502 g/mol. The van der Waals surface area contributed by atoms with E-state index in [1.807, 2.05) is 41.8 Å². The lowest BCUT2D eigenvalue weighted by Crippen LogP contribution is -2.09. The number of anilines is 1. The first-order valence-corrected chi connectivity index (χ1v) is 11.5. The molecule has 2 aromatic carbocycles. The molecule has 0 saturated heterocycles. The maximum Gasteiger partial charge on any atom is 0.267 e. The first-order chi connectivity index (χ1) is 14.6. The van der Waals surface area contributed by atoms with Gasteiger partial charge in [0.1, 0.15) is 11.9 Å². The maximum atomic E-state index is 13.4. The molecular formula is C22H16BrFN2O2S2. The number of rotatable bonds is 7. The fraction of sp³-hybridized carbons (Fsp3) is 0.0909. The molecule has 1 amide bonds. The molecule has 30 heavy (non-hydrogen) atoms. The molecule has 1 N–H and O–H groups in total. The highest BCUT2D eigenvalue weighted by Crippen LogP contribution is 2.34. The van der Waals surface area contributed by atoms with Gasteiger partial charge in [0.25, 0.3) is 5.91 Å². The zero-order valence-electron chi connectivity index (χ0n) is 15.5. The largest absolute Gasteiger partial charge is 0.363 e. The van der Waals surface area contributed by atoms with Crippen molar-refractivity contribution in [2.75, 3.05) is 5.32 Å². The van der Waals surface area contributed by atoms with Gasteiger partial charge in [-0.1, -0.05) is 69.7 Å². The Hall–Kier alpha value is -2.39. The van der Waals surface area contributed by atoms with Crippen LogP contribution in [0.1, 0.15) is 31.8 Å². The number of halogens is 2. The summed E-state index contributed by atoms with van der Waals surface area (Å²) in [6.45, 7) is 0.287. The summed E-state index contributed by atoms with van der Waals surface area (Å²) in [6.07, 6.45) is 1.35. The van der Waals surface area contributed by atoms with Crippen LogP contribution in [0.3, 0.4) is 0 Å². The number of amides is 1. The minimum Gasteiger partial charge on any atom is -0.363 e. The number of benzene rings is 2. The van der Waals surface area contributed by atoms with E-state index >= 15 is 0 Å². The van der Waals surface area contributed by atoms with E-state index in [1.165, 1.54) is 34.8 Å². The second kappa shape index (κ2) is 9.61. The van der Waals surface area contributed by atoms with Gasteiger partial charge < -0.3 is 4.74 Å². The van der Waals surface area contributed by atoms with Gasteiger partial charge in [-0.15, -0.1) is 11.3 Å². The molecular weight excluding hydrogens is 487 g/mol. The Balaban J connectivity index is 1.54. The molecule has 0 saturated carbocycles. The number of carbonyl (C=O) groups is 1. The van der Waals surface area contributed by atoms with Gasteiger partial charge in [0.2, 0.25) is 0 Å². The number of hydrogen-bond acceptors (Lipinski definition) is 5. The Morgan fingerprint density at radius 1 is 1.17 bits per heavy atom. The molecule has 1 unspecified atom stereocenters. The van der Waals surface area contributed by atoms with Gasteiger partial charge >= 0.3 is 0 Å². The fourth-order valence-electron chi connectivity index (χ4n) is 2.81. The lowest BCUT2D eigenvalue weighted by atomic mass is 10.1. The third kappa shape index (κ3) is 5.02. The van der Waals surface area contributed by atoms with Crippen LogP contribution in [0.25, 0.3) is 0 Å². The van der Waals surface area contributed by atoms with Gasteiger partial charge in [-0.25, -0.2) is 9.37 Å². The first-order valence-electron chi connectivity index (χ1n) is 9.01. The van der Waals surface area contributed by atoms with Gasteiger partial charge in [0.15, 0.2) is 5.13 Å². The molecule has 8 heteroatoms. The second-order valence-corrected chi connectivity index (χ2v) is 9.20. The summed E-state index contributed by atoms with van der Waals surface area (Å²) in [5.74, 6) is -0.489. The lowest BCUT2D eigenvalue weighted by molar-refractivity contribution is 0.0685. The van der Waals surface area contributed by atoms with Crippen molar-refractivity contribution in [1.82, 2.24) is 4.98 Å². The Bertz CT molecular complexity index is 1130. The molecule has 2 aromatic heterocycles. The number of hydrogen-bond donors (Lipinski definition) is 1. The number of thiophene rings is 1. The SMILES string of the molecule is O=C(Nc1ncc(C(OCc2ccc(F)cc2Br)c2ccccc2)s1)c1cccs1. The molecule has 2 heterocycles. The standard InChI is InChI=1S/C22H16BrFN2O2S2/c23-17-11-16(24)9-8-15(17)13-28-20(14-5-2-1-3-6-14)19-12-25-22(30-19)26-21(27)18-7-4-10-29-18/h1-12,20H,13H2,(H,25,26,27). The van der Waals surface area contributed by atoms with Gasteiger partial charge in [0.05, 0.1) is 16.4 Å². The van der Waals surface area contributed by atoms with E-state index < -0.39 is 0 Å². The number of thiazole rings is 1. The Morgan fingerprint density at radius 2 is 2.00 bits per heavy atom. The third-order valence-electron chi connectivity index (χ3n) is 4.27. The molecule has 0 radical (unpaired) electrons. The van der Waals surface area contributed by atoms with Crippen LogP contribution in [-0.2, 0) is 11.3 Å². The van der Waals surface area contributed by atoms with Crippen LogP contribution < -0.4 is 5.32 Å². The van der Waals surface area contributed by atoms with E-state index in [0.717, 1.165) is 16.0 Å². The summed E-state index contributed by atoms with van der Waals surface area (Å²) in [4.78, 5) is 18.1. The van der Waals surface area contributed by atoms with Crippen LogP contribution in [0, 0.1) is 5.82 Å². The Kier molecular flexibility index (Phi) is 6.69. The molecule has 4 rings (SSSR count). The predicted octanol–water partition coefficient (Wildman–Crippen LogP) is 6.66. The van der Waals surface area contributed by atoms with E-state index in [9.17, 15) is 9.18 Å². The van der Waals surface area contributed by atoms with Crippen LogP contribution >= 0.6 is 38.6 Å². The van der Waals surface area contributed by atoms with Crippen LogP contribution in [0.15, 0.2) is 76.7 Å². The highest BCUT2D eigenvalue weighted by Gasteiger charge is 2.20. The van der Waals surface area contributed by atoms with Crippen molar-refractivity contribution in [1.29, 1.82) is 0 Å². The minimum absolute atomic E-state index is 0.182. The molecule has 4 nitrogen and oxygen atoms in total. The summed E-state index contributed by atoms with van der Waals surface area (Å²) >= 11 is 6.13. The Morgan fingerprint density at radius 3 is 2.73 bits per heavy atom. The van der Waals surface area contributed by atoms with E-state index in [0.29, 0.717) is 14.5 Å². The summed E-state index contributed by atoms with van der Waals surface area (Å²) < 4.78 is 20.2. The van der Waals surface area contributed by atoms with Crippen molar-refractivity contribution >= 4 is 49.6 Å². The first kappa shape index (κ1) is 20.9. The molecule has 0 aliphatic rings. The molecule has 152 valence electrons. The smallest absolute Gasteiger partial charge is 0.267 e. The summed E-state index contributed by atoms with van der Waals surface area (Å²) in [6, 6.07) is 17.9. The molecule has 0 aliphatic carbocycles. The summed E-state index contributed by atoms with van der Waals surface area (Å²) in [7, 11) is 0. The van der Waals surface area contributed by atoms with Crippen molar-refractivity contribution in [2.45, 2.75) is 12.7 Å². The predicted molar refractivity (Wildman–Crippen MR) is 122 cm³/mol. The fourth-order valence-corrected chi connectivity index (χ4v) is 4.79. The van der Waals surface area contributed by atoms with E-state index in [4.69, 9.17) is 4.74 Å². The third-order valence-corrected chi connectivity index (χ3v) is 6.83. The number of nitrogens with one attached hydrogen (secondary N) is 1. The quantitative estimate of drug-likeness (QED) is 0.307. The topological polar surface area (TPSA) is 51.2 Å². The van der Waals surface area contributed by atoms with Gasteiger partial charge in [-0.2, -0.15) is 0 Å². The Labute approximate surface area is 189 Å². The van der Waals surface area contributed by atoms with Gasteiger partial charge in [-0.3, -0.25) is 10.1 Å². The van der Waals surface area contributed by atoms with Crippen LogP contribution in [0.5, 0.6) is 0 Å². The number of carbonyl (C=O) groups excluding carboxylic acids is 1. The second-order valence-electron chi connectivity index (χ2n) is 6.34. The molecule has 1 atom stereocenters.